The topological polar surface area (TPSA) is 74.6 Å². The van der Waals surface area contributed by atoms with E-state index in [1.807, 2.05) is 0 Å². The van der Waals surface area contributed by atoms with Crippen LogP contribution in [0.4, 0.5) is 0 Å². The van der Waals surface area contributed by atoms with Gasteiger partial charge in [0.1, 0.15) is 0 Å². The maximum absolute atomic E-state index is 11.4. The van der Waals surface area contributed by atoms with Gasteiger partial charge in [0.15, 0.2) is 5.41 Å². The van der Waals surface area contributed by atoms with Gasteiger partial charge in [-0.15, -0.1) is 0 Å². The number of carboxylic acids is 2. The highest BCUT2D eigenvalue weighted by molar-refractivity contribution is 5.99. The fourth-order valence-electron chi connectivity index (χ4n) is 2.32. The molecule has 0 aromatic heterocycles. The highest BCUT2D eigenvalue weighted by Crippen LogP contribution is 2.43. The second kappa shape index (κ2) is 6.76. The smallest absolute Gasteiger partial charge is 0.321 e. The first kappa shape index (κ1) is 16.9. The zero-order valence-electron chi connectivity index (χ0n) is 12.0. The Morgan fingerprint density at radius 2 is 1.33 bits per heavy atom. The van der Waals surface area contributed by atoms with E-state index in [4.69, 9.17) is 0 Å². The normalized spacial score (nSPS) is 12.4. The molecule has 0 bridgehead atoms. The summed E-state index contributed by atoms with van der Waals surface area (Å²) in [6.45, 7) is 7.15. The van der Waals surface area contributed by atoms with Gasteiger partial charge in [0.2, 0.25) is 0 Å². The van der Waals surface area contributed by atoms with Crippen LogP contribution in [0.25, 0.3) is 0 Å². The van der Waals surface area contributed by atoms with E-state index in [0.29, 0.717) is 6.42 Å². The van der Waals surface area contributed by atoms with E-state index >= 15 is 0 Å². The third-order valence-electron chi connectivity index (χ3n) is 3.67. The number of unbranched alkanes of at least 4 members (excludes halogenated alkanes) is 4. The SMILES string of the molecule is CCCCCCCC(C(=O)O)(C(=O)O)C(C)(C)C. The van der Waals surface area contributed by atoms with Gasteiger partial charge in [-0.1, -0.05) is 59.8 Å². The van der Waals surface area contributed by atoms with Crippen LogP contribution in [0, 0.1) is 10.8 Å². The van der Waals surface area contributed by atoms with Crippen molar-refractivity contribution < 1.29 is 19.8 Å². The van der Waals surface area contributed by atoms with Crippen LogP contribution >= 0.6 is 0 Å². The molecule has 0 radical (unpaired) electrons. The Balaban J connectivity index is 4.79. The quantitative estimate of drug-likeness (QED) is 0.515. The van der Waals surface area contributed by atoms with Gasteiger partial charge in [-0.3, -0.25) is 9.59 Å². The standard InChI is InChI=1S/C14H26O4/c1-5-6-7-8-9-10-14(11(15)16,12(17)18)13(2,3)4/h5-10H2,1-4H3,(H,15,16)(H,17,18). The van der Waals surface area contributed by atoms with Crippen LogP contribution in [-0.2, 0) is 9.59 Å². The lowest BCUT2D eigenvalue weighted by Crippen LogP contribution is -2.49. The van der Waals surface area contributed by atoms with Crippen LogP contribution < -0.4 is 0 Å². The van der Waals surface area contributed by atoms with Crippen LogP contribution in [0.15, 0.2) is 0 Å². The Morgan fingerprint density at radius 1 is 0.889 bits per heavy atom. The molecule has 0 heterocycles. The molecule has 0 aromatic rings. The molecule has 0 amide bonds. The predicted octanol–water partition coefficient (Wildman–Crippen LogP) is 3.55. The van der Waals surface area contributed by atoms with E-state index in [1.54, 1.807) is 20.8 Å². The first-order chi connectivity index (χ1) is 8.20. The van der Waals surface area contributed by atoms with E-state index in [1.165, 1.54) is 0 Å². The van der Waals surface area contributed by atoms with Crippen molar-refractivity contribution in [2.75, 3.05) is 0 Å². The Morgan fingerprint density at radius 3 is 1.67 bits per heavy atom. The Bertz CT molecular complexity index is 275. The minimum Gasteiger partial charge on any atom is -0.480 e. The van der Waals surface area contributed by atoms with Gasteiger partial charge in [-0.2, -0.15) is 0 Å². The number of carbonyl (C=O) groups is 2. The van der Waals surface area contributed by atoms with E-state index in [2.05, 4.69) is 6.92 Å². The van der Waals surface area contributed by atoms with Crippen LogP contribution in [-0.4, -0.2) is 22.2 Å². The van der Waals surface area contributed by atoms with Crippen molar-refractivity contribution in [3.63, 3.8) is 0 Å². The summed E-state index contributed by atoms with van der Waals surface area (Å²) in [4.78, 5) is 22.9. The largest absolute Gasteiger partial charge is 0.480 e. The average Bonchev–Trinajstić information content (AvgIpc) is 2.20. The molecule has 4 nitrogen and oxygen atoms in total. The lowest BCUT2D eigenvalue weighted by atomic mass is 9.64. The fraction of sp³-hybridized carbons (Fsp3) is 0.857. The molecule has 0 unspecified atom stereocenters. The van der Waals surface area contributed by atoms with Crippen LogP contribution in [0.5, 0.6) is 0 Å². The van der Waals surface area contributed by atoms with Crippen LogP contribution in [0.2, 0.25) is 0 Å². The predicted molar refractivity (Wildman–Crippen MR) is 70.5 cm³/mol. The molecule has 0 saturated heterocycles. The summed E-state index contributed by atoms with van der Waals surface area (Å²) < 4.78 is 0. The first-order valence-electron chi connectivity index (χ1n) is 6.67. The zero-order chi connectivity index (χ0) is 14.4. The molecule has 0 atom stereocenters. The van der Waals surface area contributed by atoms with Gasteiger partial charge in [0.25, 0.3) is 0 Å². The summed E-state index contributed by atoms with van der Waals surface area (Å²) in [6.07, 6.45) is 5.01. The van der Waals surface area contributed by atoms with Crippen molar-refractivity contribution >= 4 is 11.9 Å². The van der Waals surface area contributed by atoms with Gasteiger partial charge >= 0.3 is 11.9 Å². The van der Waals surface area contributed by atoms with Crippen LogP contribution in [0.3, 0.4) is 0 Å². The summed E-state index contributed by atoms with van der Waals surface area (Å²) in [5, 5.41) is 18.7. The number of rotatable bonds is 8. The van der Waals surface area contributed by atoms with E-state index in [0.717, 1.165) is 25.7 Å². The molecule has 0 saturated carbocycles. The lowest BCUT2D eigenvalue weighted by molar-refractivity contribution is -0.174. The number of hydrogen-bond donors (Lipinski definition) is 2. The maximum atomic E-state index is 11.4. The minimum absolute atomic E-state index is 0.199. The van der Waals surface area contributed by atoms with Crippen molar-refractivity contribution in [1.82, 2.24) is 0 Å². The van der Waals surface area contributed by atoms with Crippen LogP contribution in [0.1, 0.15) is 66.2 Å². The number of aliphatic carboxylic acids is 2. The molecule has 0 rings (SSSR count). The highest BCUT2D eigenvalue weighted by atomic mass is 16.4. The van der Waals surface area contributed by atoms with E-state index < -0.39 is 22.8 Å². The van der Waals surface area contributed by atoms with Crippen molar-refractivity contribution in [1.29, 1.82) is 0 Å². The summed E-state index contributed by atoms with van der Waals surface area (Å²) in [5.41, 5.74) is -2.48. The van der Waals surface area contributed by atoms with Crippen molar-refractivity contribution in [3.8, 4) is 0 Å². The van der Waals surface area contributed by atoms with Gasteiger partial charge in [-0.05, 0) is 11.8 Å². The third kappa shape index (κ3) is 3.72. The second-order valence-electron chi connectivity index (χ2n) is 5.93. The molecule has 2 N–H and O–H groups in total. The Labute approximate surface area is 109 Å². The Hall–Kier alpha value is -1.06. The van der Waals surface area contributed by atoms with Crippen molar-refractivity contribution in [2.45, 2.75) is 66.2 Å². The molecule has 0 aliphatic heterocycles. The highest BCUT2D eigenvalue weighted by Gasteiger charge is 2.54. The van der Waals surface area contributed by atoms with Gasteiger partial charge in [-0.25, -0.2) is 0 Å². The first-order valence-corrected chi connectivity index (χ1v) is 6.67. The Kier molecular flexibility index (Phi) is 6.36. The molecule has 0 spiro atoms. The minimum atomic E-state index is -1.68. The molecule has 0 aliphatic rings. The molecule has 4 heteroatoms. The maximum Gasteiger partial charge on any atom is 0.321 e. The summed E-state index contributed by atoms with van der Waals surface area (Å²) >= 11 is 0. The lowest BCUT2D eigenvalue weighted by Gasteiger charge is -2.37. The molecule has 106 valence electrons. The van der Waals surface area contributed by atoms with Gasteiger partial charge in [0, 0.05) is 0 Å². The zero-order valence-corrected chi connectivity index (χ0v) is 12.0. The molecular weight excluding hydrogens is 232 g/mol. The summed E-state index contributed by atoms with van der Waals surface area (Å²) in [6, 6.07) is 0. The fourth-order valence-corrected chi connectivity index (χ4v) is 2.32. The molecule has 18 heavy (non-hydrogen) atoms. The number of hydrogen-bond acceptors (Lipinski definition) is 2. The average molecular weight is 258 g/mol. The molecular formula is C14H26O4. The summed E-state index contributed by atoms with van der Waals surface area (Å²) in [5.74, 6) is -2.45. The molecule has 0 aromatic carbocycles. The monoisotopic (exact) mass is 258 g/mol. The van der Waals surface area contributed by atoms with E-state index in [9.17, 15) is 19.8 Å². The van der Waals surface area contributed by atoms with Crippen molar-refractivity contribution in [3.05, 3.63) is 0 Å². The van der Waals surface area contributed by atoms with Crippen molar-refractivity contribution in [2.24, 2.45) is 10.8 Å². The second-order valence-corrected chi connectivity index (χ2v) is 5.93. The summed E-state index contributed by atoms with van der Waals surface area (Å²) in [7, 11) is 0. The van der Waals surface area contributed by atoms with Gasteiger partial charge in [0.05, 0.1) is 0 Å². The number of carboxylic acid groups (broad SMARTS) is 2. The van der Waals surface area contributed by atoms with E-state index in [-0.39, 0.29) is 6.42 Å². The van der Waals surface area contributed by atoms with Gasteiger partial charge < -0.3 is 10.2 Å². The molecule has 0 fully saturated rings. The molecule has 0 aliphatic carbocycles. The third-order valence-corrected chi connectivity index (χ3v) is 3.67.